The monoisotopic (exact) mass is 323 g/mol. The summed E-state index contributed by atoms with van der Waals surface area (Å²) in [4.78, 5) is 16.0. The summed E-state index contributed by atoms with van der Waals surface area (Å²) in [7, 11) is 4.08. The Balaban J connectivity index is 1.90. The molecule has 2 aromatic carbocycles. The number of amides is 1. The number of fused-ring (bicyclic) bond motifs is 1. The molecule has 1 heterocycles. The molecule has 4 heteroatoms. The Bertz CT molecular complexity index is 709. The summed E-state index contributed by atoms with van der Waals surface area (Å²) in [5.41, 5.74) is 5.07. The fraction of sp³-hybridized carbons (Fsp3) is 0.350. The number of benzene rings is 2. The van der Waals surface area contributed by atoms with Crippen LogP contribution in [0.2, 0.25) is 0 Å². The van der Waals surface area contributed by atoms with Crippen LogP contribution in [0.1, 0.15) is 24.1 Å². The maximum atomic E-state index is 11.4. The molecule has 0 bridgehead atoms. The van der Waals surface area contributed by atoms with Crippen molar-refractivity contribution in [1.82, 2.24) is 5.32 Å². The first-order chi connectivity index (χ1) is 11.6. The van der Waals surface area contributed by atoms with Gasteiger partial charge in [0.2, 0.25) is 5.91 Å². The fourth-order valence-corrected chi connectivity index (χ4v) is 3.33. The summed E-state index contributed by atoms with van der Waals surface area (Å²) in [6, 6.07) is 17.3. The van der Waals surface area contributed by atoms with E-state index < -0.39 is 0 Å². The van der Waals surface area contributed by atoms with Gasteiger partial charge in [-0.1, -0.05) is 30.3 Å². The Hall–Kier alpha value is -2.49. The van der Waals surface area contributed by atoms with Gasteiger partial charge in [-0.25, -0.2) is 0 Å². The lowest BCUT2D eigenvalue weighted by Crippen LogP contribution is -2.36. The molecule has 1 atom stereocenters. The lowest BCUT2D eigenvalue weighted by atomic mass is 10.0. The molecule has 0 saturated carbocycles. The zero-order valence-electron chi connectivity index (χ0n) is 14.6. The van der Waals surface area contributed by atoms with Crippen LogP contribution in [0.5, 0.6) is 0 Å². The molecule has 0 saturated heterocycles. The first-order valence-corrected chi connectivity index (χ1v) is 8.42. The smallest absolute Gasteiger partial charge is 0.216 e. The summed E-state index contributed by atoms with van der Waals surface area (Å²) in [5, 5.41) is 3.00. The average Bonchev–Trinajstić information content (AvgIpc) is 2.99. The lowest BCUT2D eigenvalue weighted by Gasteiger charge is -2.31. The van der Waals surface area contributed by atoms with Gasteiger partial charge in [0.15, 0.2) is 0 Å². The highest BCUT2D eigenvalue weighted by molar-refractivity contribution is 5.73. The van der Waals surface area contributed by atoms with Crippen molar-refractivity contribution in [2.24, 2.45) is 0 Å². The minimum absolute atomic E-state index is 0.0115. The number of carbonyl (C=O) groups excluding carboxylic acids is 1. The number of nitrogens with zero attached hydrogens (tertiary/aromatic N) is 2. The van der Waals surface area contributed by atoms with Gasteiger partial charge >= 0.3 is 0 Å². The van der Waals surface area contributed by atoms with Crippen LogP contribution in [0.15, 0.2) is 48.5 Å². The predicted molar refractivity (Wildman–Crippen MR) is 99.7 cm³/mol. The van der Waals surface area contributed by atoms with E-state index in [0.717, 1.165) is 13.0 Å². The fourth-order valence-electron chi connectivity index (χ4n) is 3.33. The number of rotatable bonds is 5. The van der Waals surface area contributed by atoms with Crippen molar-refractivity contribution in [3.05, 3.63) is 59.7 Å². The second-order valence-electron chi connectivity index (χ2n) is 6.51. The number of carbonyl (C=O) groups is 1. The molecule has 1 aliphatic heterocycles. The highest BCUT2D eigenvalue weighted by Gasteiger charge is 2.27. The van der Waals surface area contributed by atoms with Crippen LogP contribution in [0.4, 0.5) is 11.4 Å². The maximum Gasteiger partial charge on any atom is 0.216 e. The summed E-state index contributed by atoms with van der Waals surface area (Å²) in [6.45, 7) is 3.17. The molecular weight excluding hydrogens is 298 g/mol. The molecule has 4 nitrogen and oxygen atoms in total. The number of anilines is 2. The van der Waals surface area contributed by atoms with Crippen molar-refractivity contribution in [3.63, 3.8) is 0 Å². The Morgan fingerprint density at radius 2 is 1.88 bits per heavy atom. The van der Waals surface area contributed by atoms with Crippen molar-refractivity contribution in [2.45, 2.75) is 19.4 Å². The van der Waals surface area contributed by atoms with Gasteiger partial charge in [-0.05, 0) is 35.7 Å². The molecule has 0 fully saturated rings. The molecule has 1 aliphatic rings. The molecule has 0 aromatic heterocycles. The van der Waals surface area contributed by atoms with Crippen LogP contribution < -0.4 is 15.1 Å². The first-order valence-electron chi connectivity index (χ1n) is 8.42. The molecule has 24 heavy (non-hydrogen) atoms. The highest BCUT2D eigenvalue weighted by Crippen LogP contribution is 2.35. The third kappa shape index (κ3) is 3.37. The normalized spacial score (nSPS) is 14.2. The van der Waals surface area contributed by atoms with Gasteiger partial charge in [0, 0.05) is 45.5 Å². The van der Waals surface area contributed by atoms with Crippen molar-refractivity contribution < 1.29 is 4.79 Å². The minimum atomic E-state index is 0.0115. The van der Waals surface area contributed by atoms with Gasteiger partial charge in [0.25, 0.3) is 0 Å². The average molecular weight is 323 g/mol. The van der Waals surface area contributed by atoms with Crippen LogP contribution in [-0.2, 0) is 11.2 Å². The third-order valence-electron chi connectivity index (χ3n) is 4.64. The summed E-state index contributed by atoms with van der Waals surface area (Å²) < 4.78 is 0. The Morgan fingerprint density at radius 3 is 2.54 bits per heavy atom. The lowest BCUT2D eigenvalue weighted by molar-refractivity contribution is -0.119. The Morgan fingerprint density at radius 1 is 1.17 bits per heavy atom. The molecule has 0 aliphatic carbocycles. The molecule has 1 N–H and O–H groups in total. The molecule has 0 unspecified atom stereocenters. The number of para-hydroxylation sites is 1. The Kier molecular flexibility index (Phi) is 4.74. The van der Waals surface area contributed by atoms with Gasteiger partial charge in [-0.2, -0.15) is 0 Å². The van der Waals surface area contributed by atoms with E-state index in [1.165, 1.54) is 22.5 Å². The number of nitrogens with one attached hydrogen (secondary N) is 1. The van der Waals surface area contributed by atoms with E-state index in [1.807, 2.05) is 14.1 Å². The third-order valence-corrected chi connectivity index (χ3v) is 4.64. The highest BCUT2D eigenvalue weighted by atomic mass is 16.1. The van der Waals surface area contributed by atoms with Gasteiger partial charge < -0.3 is 15.1 Å². The van der Waals surface area contributed by atoms with Gasteiger partial charge in [0.05, 0.1) is 6.04 Å². The topological polar surface area (TPSA) is 35.6 Å². The van der Waals surface area contributed by atoms with E-state index in [-0.39, 0.29) is 11.9 Å². The molecule has 1 amide bonds. The molecule has 3 rings (SSSR count). The number of hydrogen-bond donors (Lipinski definition) is 1. The molecular formula is C20H25N3O. The zero-order chi connectivity index (χ0) is 17.1. The standard InChI is InChI=1S/C20H25N3O/c1-15(24)21-14-20(17-8-10-18(11-9-17)22(2)3)23-13-12-16-6-4-5-7-19(16)23/h4-11,20H,12-14H2,1-3H3,(H,21,24)/t20-/m1/s1. The SMILES string of the molecule is CC(=O)NC[C@H](c1ccc(N(C)C)cc1)N1CCc2ccccc21. The van der Waals surface area contributed by atoms with Crippen LogP contribution in [0.25, 0.3) is 0 Å². The van der Waals surface area contributed by atoms with E-state index in [9.17, 15) is 4.79 Å². The van der Waals surface area contributed by atoms with Crippen LogP contribution in [-0.4, -0.2) is 33.1 Å². The van der Waals surface area contributed by atoms with Gasteiger partial charge in [-0.3, -0.25) is 4.79 Å². The largest absolute Gasteiger partial charge is 0.378 e. The Labute approximate surface area is 144 Å². The van der Waals surface area contributed by atoms with Gasteiger partial charge in [0.1, 0.15) is 0 Å². The van der Waals surface area contributed by atoms with E-state index in [1.54, 1.807) is 6.92 Å². The molecule has 126 valence electrons. The second kappa shape index (κ2) is 6.95. The summed E-state index contributed by atoms with van der Waals surface area (Å²) >= 11 is 0. The summed E-state index contributed by atoms with van der Waals surface area (Å²) in [5.74, 6) is 0.0115. The van der Waals surface area contributed by atoms with Crippen molar-refractivity contribution in [1.29, 1.82) is 0 Å². The van der Waals surface area contributed by atoms with Crippen molar-refractivity contribution >= 4 is 17.3 Å². The minimum Gasteiger partial charge on any atom is -0.378 e. The zero-order valence-corrected chi connectivity index (χ0v) is 14.6. The van der Waals surface area contributed by atoms with E-state index in [0.29, 0.717) is 6.54 Å². The quantitative estimate of drug-likeness (QED) is 0.919. The number of hydrogen-bond acceptors (Lipinski definition) is 3. The first kappa shape index (κ1) is 16.4. The van der Waals surface area contributed by atoms with Crippen molar-refractivity contribution in [2.75, 3.05) is 37.0 Å². The van der Waals surface area contributed by atoms with Crippen LogP contribution >= 0.6 is 0 Å². The van der Waals surface area contributed by atoms with E-state index in [2.05, 4.69) is 63.6 Å². The summed E-state index contributed by atoms with van der Waals surface area (Å²) in [6.07, 6.45) is 1.06. The van der Waals surface area contributed by atoms with Crippen molar-refractivity contribution in [3.8, 4) is 0 Å². The second-order valence-corrected chi connectivity index (χ2v) is 6.51. The van der Waals surface area contributed by atoms with E-state index in [4.69, 9.17) is 0 Å². The molecule has 2 aromatic rings. The molecule has 0 spiro atoms. The van der Waals surface area contributed by atoms with E-state index >= 15 is 0 Å². The predicted octanol–water partition coefficient (Wildman–Crippen LogP) is 2.99. The van der Waals surface area contributed by atoms with Gasteiger partial charge in [-0.15, -0.1) is 0 Å². The van der Waals surface area contributed by atoms with Crippen LogP contribution in [0, 0.1) is 0 Å². The maximum absolute atomic E-state index is 11.4. The van der Waals surface area contributed by atoms with Crippen LogP contribution in [0.3, 0.4) is 0 Å². The molecule has 0 radical (unpaired) electrons.